The van der Waals surface area contributed by atoms with Gasteiger partial charge in [0.05, 0.1) is 0 Å². The zero-order valence-electron chi connectivity index (χ0n) is 27.8. The molecule has 0 fully saturated rings. The third-order valence-electron chi connectivity index (χ3n) is 8.88. The highest BCUT2D eigenvalue weighted by molar-refractivity contribution is 7.24. The van der Waals surface area contributed by atoms with Crippen LogP contribution in [0.25, 0.3) is 32.8 Å². The molecule has 246 valence electrons. The van der Waals surface area contributed by atoms with Gasteiger partial charge in [0.2, 0.25) is 5.88 Å². The van der Waals surface area contributed by atoms with Crippen LogP contribution in [0, 0.1) is 17.2 Å². The SMILES string of the molecule is C=c1c(C#N)c(O)n(CC(CC)CCCC)c(=O)/c1=C\c1ccc(-c2ccc(-c3ccc(N(c4ccccc4)c4ccccc4)cc3)s2)s1. The van der Waals surface area contributed by atoms with Crippen LogP contribution in [0.15, 0.2) is 114 Å². The van der Waals surface area contributed by atoms with Gasteiger partial charge >= 0.3 is 0 Å². The molecule has 0 bridgehead atoms. The van der Waals surface area contributed by atoms with Gasteiger partial charge in [0, 0.05) is 53.6 Å². The minimum Gasteiger partial charge on any atom is -0.493 e. The molecule has 0 amide bonds. The normalized spacial score (nSPS) is 12.1. The van der Waals surface area contributed by atoms with Crippen LogP contribution < -0.4 is 20.9 Å². The average Bonchev–Trinajstić information content (AvgIpc) is 3.82. The molecule has 6 aromatic rings. The van der Waals surface area contributed by atoms with Crippen molar-refractivity contribution in [2.75, 3.05) is 4.90 Å². The van der Waals surface area contributed by atoms with Gasteiger partial charge in [0.25, 0.3) is 5.56 Å². The zero-order valence-corrected chi connectivity index (χ0v) is 29.4. The average molecular weight is 682 g/mol. The first-order chi connectivity index (χ1) is 23.9. The Morgan fingerprint density at radius 2 is 1.43 bits per heavy atom. The number of anilines is 3. The lowest BCUT2D eigenvalue weighted by molar-refractivity contribution is 0.338. The summed E-state index contributed by atoms with van der Waals surface area (Å²) >= 11 is 3.32. The molecule has 0 radical (unpaired) electrons. The number of hydrogen-bond donors (Lipinski definition) is 1. The fourth-order valence-corrected chi connectivity index (χ4v) is 8.15. The lowest BCUT2D eigenvalue weighted by Crippen LogP contribution is -2.46. The molecule has 3 aromatic heterocycles. The molecule has 0 aliphatic carbocycles. The molecule has 49 heavy (non-hydrogen) atoms. The number of benzene rings is 3. The third-order valence-corrected chi connectivity index (χ3v) is 11.2. The van der Waals surface area contributed by atoms with Crippen molar-refractivity contribution >= 4 is 52.4 Å². The van der Waals surface area contributed by atoms with E-state index in [1.807, 2.05) is 18.2 Å². The van der Waals surface area contributed by atoms with Gasteiger partial charge in [-0.1, -0.05) is 88.2 Å². The van der Waals surface area contributed by atoms with Crippen molar-refractivity contribution in [3.05, 3.63) is 140 Å². The summed E-state index contributed by atoms with van der Waals surface area (Å²) < 4.78 is 1.37. The highest BCUT2D eigenvalue weighted by Gasteiger charge is 2.18. The maximum absolute atomic E-state index is 13.7. The van der Waals surface area contributed by atoms with E-state index in [0.29, 0.717) is 11.8 Å². The van der Waals surface area contributed by atoms with Gasteiger partial charge in [-0.2, -0.15) is 5.26 Å². The number of rotatable bonds is 12. The first-order valence-electron chi connectivity index (χ1n) is 16.7. The van der Waals surface area contributed by atoms with Gasteiger partial charge in [-0.05, 0) is 84.6 Å². The second-order valence-corrected chi connectivity index (χ2v) is 14.3. The lowest BCUT2D eigenvalue weighted by Gasteiger charge is -2.25. The summed E-state index contributed by atoms with van der Waals surface area (Å²) in [7, 11) is 0. The number of thiophene rings is 2. The Balaban J connectivity index is 1.28. The summed E-state index contributed by atoms with van der Waals surface area (Å²) in [6.45, 7) is 8.65. The number of unbranched alkanes of at least 4 members (excludes halogenated alkanes) is 1. The molecule has 1 atom stereocenters. The molecule has 0 saturated carbocycles. The zero-order chi connectivity index (χ0) is 34.3. The predicted molar refractivity (Wildman–Crippen MR) is 206 cm³/mol. The number of pyridine rings is 1. The van der Waals surface area contributed by atoms with Gasteiger partial charge in [-0.25, -0.2) is 0 Å². The van der Waals surface area contributed by atoms with E-state index in [4.69, 9.17) is 0 Å². The smallest absolute Gasteiger partial charge is 0.261 e. The maximum atomic E-state index is 13.7. The third kappa shape index (κ3) is 7.31. The number of aromatic nitrogens is 1. The van der Waals surface area contributed by atoms with E-state index in [-0.39, 0.29) is 28.1 Å². The Morgan fingerprint density at radius 1 is 0.837 bits per heavy atom. The van der Waals surface area contributed by atoms with Crippen LogP contribution in [0.5, 0.6) is 5.88 Å². The van der Waals surface area contributed by atoms with E-state index < -0.39 is 0 Å². The van der Waals surface area contributed by atoms with E-state index in [1.165, 1.54) is 9.44 Å². The molecule has 1 N–H and O–H groups in total. The van der Waals surface area contributed by atoms with Crippen LogP contribution in [0.1, 0.15) is 50.0 Å². The van der Waals surface area contributed by atoms with Gasteiger partial charge < -0.3 is 10.0 Å². The summed E-state index contributed by atoms with van der Waals surface area (Å²) in [5, 5.41) is 21.4. The standard InChI is InChI=1S/C42H39N3O2S2/c1-4-6-13-30(5-2)28-44-41(46)36(29(3)37(27-43)42(44)47)26-35-22-23-39(48-35)40-25-24-38(49-40)31-18-20-34(21-19-31)45(32-14-9-7-10-15-32)33-16-11-8-12-17-33/h7-12,14-26,30,47H,3-6,13,28H2,1-2H3/b36-26-. The Hall–Kier alpha value is -5.16. The van der Waals surface area contributed by atoms with Gasteiger partial charge in [-0.15, -0.1) is 22.7 Å². The van der Waals surface area contributed by atoms with Crippen LogP contribution in [0.2, 0.25) is 0 Å². The first-order valence-corrected chi connectivity index (χ1v) is 18.3. The van der Waals surface area contributed by atoms with Crippen LogP contribution in [-0.2, 0) is 6.54 Å². The van der Waals surface area contributed by atoms with Crippen molar-refractivity contribution in [2.24, 2.45) is 5.92 Å². The van der Waals surface area contributed by atoms with E-state index in [0.717, 1.165) is 62.9 Å². The van der Waals surface area contributed by atoms with E-state index in [1.54, 1.807) is 28.7 Å². The van der Waals surface area contributed by atoms with Gasteiger partial charge in [0.15, 0.2) is 0 Å². The number of nitrogens with zero attached hydrogens (tertiary/aromatic N) is 3. The molecule has 5 nitrogen and oxygen atoms in total. The van der Waals surface area contributed by atoms with Crippen LogP contribution in [-0.4, -0.2) is 9.67 Å². The van der Waals surface area contributed by atoms with Crippen molar-refractivity contribution in [2.45, 2.75) is 46.1 Å². The highest BCUT2D eigenvalue weighted by Crippen LogP contribution is 2.40. The Labute approximate surface area is 295 Å². The molecule has 3 aromatic carbocycles. The predicted octanol–water partition coefficient (Wildman–Crippen LogP) is 9.81. The molecular formula is C42H39N3O2S2. The highest BCUT2D eigenvalue weighted by atomic mass is 32.1. The summed E-state index contributed by atoms with van der Waals surface area (Å²) in [5.41, 5.74) is 4.17. The van der Waals surface area contributed by atoms with E-state index in [2.05, 4.69) is 122 Å². The number of para-hydroxylation sites is 2. The van der Waals surface area contributed by atoms with Gasteiger partial charge in [0.1, 0.15) is 11.6 Å². The Bertz CT molecular complexity index is 2210. The quantitative estimate of drug-likeness (QED) is 0.140. The molecule has 0 saturated heterocycles. The fraction of sp³-hybridized carbons (Fsp3) is 0.190. The van der Waals surface area contributed by atoms with E-state index >= 15 is 0 Å². The molecule has 6 rings (SSSR count). The topological polar surface area (TPSA) is 69.3 Å². The Kier molecular flexibility index (Phi) is 10.6. The number of hydrogen-bond acceptors (Lipinski definition) is 6. The molecule has 1 unspecified atom stereocenters. The molecule has 0 aliphatic heterocycles. The lowest BCUT2D eigenvalue weighted by atomic mass is 9.99. The minimum atomic E-state index is -0.314. The number of nitriles is 1. The first kappa shape index (κ1) is 33.7. The molecule has 3 heterocycles. The van der Waals surface area contributed by atoms with Crippen LogP contribution in [0.4, 0.5) is 17.1 Å². The summed E-state index contributed by atoms with van der Waals surface area (Å²) in [5.74, 6) is -0.0497. The summed E-state index contributed by atoms with van der Waals surface area (Å²) in [6.07, 6.45) is 5.78. The van der Waals surface area contributed by atoms with Gasteiger partial charge in [-0.3, -0.25) is 9.36 Å². The van der Waals surface area contributed by atoms with Crippen LogP contribution >= 0.6 is 22.7 Å². The van der Waals surface area contributed by atoms with E-state index in [9.17, 15) is 15.2 Å². The minimum absolute atomic E-state index is 0.0533. The second-order valence-electron chi connectivity index (χ2n) is 12.1. The fourth-order valence-electron chi connectivity index (χ4n) is 6.09. The molecule has 0 aliphatic rings. The number of aromatic hydroxyl groups is 1. The largest absolute Gasteiger partial charge is 0.493 e. The van der Waals surface area contributed by atoms with Crippen molar-refractivity contribution in [1.82, 2.24) is 4.57 Å². The van der Waals surface area contributed by atoms with Crippen molar-refractivity contribution < 1.29 is 5.11 Å². The summed E-state index contributed by atoms with van der Waals surface area (Å²) in [6, 6.07) is 39.8. The monoisotopic (exact) mass is 681 g/mol. The molecule has 7 heteroatoms. The maximum Gasteiger partial charge on any atom is 0.261 e. The van der Waals surface area contributed by atoms with Crippen molar-refractivity contribution in [3.63, 3.8) is 0 Å². The molecular weight excluding hydrogens is 643 g/mol. The summed E-state index contributed by atoms with van der Waals surface area (Å²) in [4.78, 5) is 20.2. The molecule has 0 spiro atoms. The van der Waals surface area contributed by atoms with Crippen LogP contribution in [0.3, 0.4) is 0 Å². The second kappa shape index (κ2) is 15.4. The van der Waals surface area contributed by atoms with Crippen molar-refractivity contribution in [1.29, 1.82) is 5.26 Å². The Morgan fingerprint density at radius 3 is 2.04 bits per heavy atom. The van der Waals surface area contributed by atoms with Crippen molar-refractivity contribution in [3.8, 4) is 32.1 Å².